The summed E-state index contributed by atoms with van der Waals surface area (Å²) in [6, 6.07) is 5.92. The molecule has 23 nitrogen and oxygen atoms in total. The smallest absolute Gasteiger partial charge is 0.414 e. The van der Waals surface area contributed by atoms with E-state index in [9.17, 15) is 34.1 Å². The second kappa shape index (κ2) is 24.5. The molecule has 58 heavy (non-hydrogen) atoms. The van der Waals surface area contributed by atoms with Gasteiger partial charge in [-0.2, -0.15) is 0 Å². The molecule has 5 saturated heterocycles. The molecule has 1 aromatic carbocycles. The van der Waals surface area contributed by atoms with Gasteiger partial charge >= 0.3 is 30.5 Å². The van der Waals surface area contributed by atoms with Crippen molar-refractivity contribution < 1.29 is 52.6 Å². The Morgan fingerprint density at radius 1 is 0.638 bits per heavy atom. The minimum absolute atomic E-state index is 0.0170. The van der Waals surface area contributed by atoms with Gasteiger partial charge in [0.15, 0.2) is 0 Å². The Morgan fingerprint density at radius 3 is 1.41 bits per heavy atom. The summed E-state index contributed by atoms with van der Waals surface area (Å²) in [4.78, 5) is 72.8. The molecule has 1 aromatic rings. The third-order valence-electron chi connectivity index (χ3n) is 9.03. The highest BCUT2D eigenvalue weighted by molar-refractivity contribution is 5.89. The van der Waals surface area contributed by atoms with Crippen LogP contribution in [0.5, 0.6) is 0 Å². The number of hydrogen-bond acceptors (Lipinski definition) is 17. The van der Waals surface area contributed by atoms with Gasteiger partial charge in [-0.15, -0.1) is 0 Å². The van der Waals surface area contributed by atoms with E-state index in [2.05, 4.69) is 0 Å². The molecule has 0 saturated carbocycles. The van der Waals surface area contributed by atoms with Gasteiger partial charge < -0.3 is 72.0 Å². The molecule has 5 aliphatic heterocycles. The number of rotatable bonds is 11. The molecule has 0 aliphatic carbocycles. The van der Waals surface area contributed by atoms with E-state index >= 15 is 0 Å². The number of cyclic esters (lactones) is 5. The molecule has 23 heteroatoms. The highest BCUT2D eigenvalue weighted by Gasteiger charge is 2.33. The summed E-state index contributed by atoms with van der Waals surface area (Å²) in [5.74, 6) is 0. The number of ether oxygens (including phenoxy) is 5. The van der Waals surface area contributed by atoms with Crippen LogP contribution in [0.1, 0.15) is 34.1 Å². The van der Waals surface area contributed by atoms with E-state index in [1.54, 1.807) is 21.7 Å². The number of non-ortho nitro benzene ring substituents is 1. The Labute approximate surface area is 338 Å². The van der Waals surface area contributed by atoms with Crippen LogP contribution in [-0.2, 0) is 23.7 Å². The van der Waals surface area contributed by atoms with Crippen molar-refractivity contribution >= 4 is 41.8 Å². The third kappa shape index (κ3) is 14.9. The lowest BCUT2D eigenvalue weighted by Gasteiger charge is -2.16. The van der Waals surface area contributed by atoms with E-state index in [1.807, 2.05) is 27.7 Å². The second-order valence-corrected chi connectivity index (χ2v) is 13.6. The summed E-state index contributed by atoms with van der Waals surface area (Å²) >= 11 is 0. The molecular formula is C35H61N11O12. The van der Waals surface area contributed by atoms with Crippen LogP contribution in [0.4, 0.5) is 35.3 Å². The van der Waals surface area contributed by atoms with E-state index < -0.39 is 11.0 Å². The highest BCUT2D eigenvalue weighted by atomic mass is 16.6. The van der Waals surface area contributed by atoms with Crippen molar-refractivity contribution in [2.45, 2.75) is 70.7 Å². The Balaban J connectivity index is 0.000000255. The van der Waals surface area contributed by atoms with Crippen molar-refractivity contribution in [3.8, 4) is 0 Å². The van der Waals surface area contributed by atoms with Crippen LogP contribution < -0.4 is 33.6 Å². The number of likely N-dealkylation sites (N-methyl/N-ethyl adjacent to an activating group) is 3. The standard InChI is InChI=1S/C10H11N3O4.2C7H14N2O2.C6H12N2O2.C5H10N2O2/c11-5-9-6-12(10(14)17-9)7-1-3-8(4-2-7)13(15)16;1-5(2)9-4-6(3-8)11-7(9)10;1-2-9-5-6(3-4-8)11-7(9)10;1-2-8-4-5(3-7)10-6(8)9;1-7-3-4(2-6)9-5(7)8/h1-4,9H,5-6,11H2;5-6H,3-4,8H2,1-2H3;6H,2-5,8H2,1H3;5H,2-4,7H2,1H3;4H,2-3,6H2,1H3. The average molecular weight is 828 g/mol. The molecule has 0 radical (unpaired) electrons. The first kappa shape index (κ1) is 48.9. The van der Waals surface area contributed by atoms with E-state index in [0.29, 0.717) is 71.1 Å². The zero-order chi connectivity index (χ0) is 43.5. The topological polar surface area (TPSA) is 321 Å². The molecule has 6 rings (SSSR count). The molecule has 0 spiro atoms. The highest BCUT2D eigenvalue weighted by Crippen LogP contribution is 2.24. The van der Waals surface area contributed by atoms with Gasteiger partial charge in [0, 0.05) is 70.2 Å². The van der Waals surface area contributed by atoms with Crippen LogP contribution in [0.15, 0.2) is 24.3 Å². The summed E-state index contributed by atoms with van der Waals surface area (Å²) in [6.07, 6.45) is -1.26. The fourth-order valence-corrected chi connectivity index (χ4v) is 5.59. The average Bonchev–Trinajstić information content (AvgIpc) is 4.04. The molecule has 5 amide bonds. The number of carbonyl (C=O) groups excluding carboxylic acids is 5. The molecule has 328 valence electrons. The van der Waals surface area contributed by atoms with Gasteiger partial charge in [-0.1, -0.05) is 0 Å². The fraction of sp³-hybridized carbons (Fsp3) is 0.686. The zero-order valence-corrected chi connectivity index (χ0v) is 33.9. The number of nitro groups is 1. The Morgan fingerprint density at radius 2 is 1.07 bits per heavy atom. The first-order chi connectivity index (χ1) is 27.5. The van der Waals surface area contributed by atoms with Crippen LogP contribution >= 0.6 is 0 Å². The maximum absolute atomic E-state index is 11.5. The number of hydrogen-bond donors (Lipinski definition) is 5. The number of nitro benzene ring substituents is 1. The van der Waals surface area contributed by atoms with Gasteiger partial charge in [0.25, 0.3) is 5.69 Å². The van der Waals surface area contributed by atoms with E-state index in [1.165, 1.54) is 34.1 Å². The predicted octanol–water partition coefficient (Wildman–Crippen LogP) is 0.410. The fourth-order valence-electron chi connectivity index (χ4n) is 5.59. The van der Waals surface area contributed by atoms with Gasteiger partial charge in [0.1, 0.15) is 30.5 Å². The monoisotopic (exact) mass is 827 g/mol. The molecule has 5 unspecified atom stereocenters. The number of amides is 5. The first-order valence-electron chi connectivity index (χ1n) is 19.1. The number of nitrogens with zero attached hydrogens (tertiary/aromatic N) is 6. The number of benzene rings is 1. The summed E-state index contributed by atoms with van der Waals surface area (Å²) in [5, 5.41) is 10.5. The molecule has 5 heterocycles. The lowest BCUT2D eigenvalue weighted by Crippen LogP contribution is -2.33. The van der Waals surface area contributed by atoms with Gasteiger partial charge in [-0.3, -0.25) is 15.0 Å². The Hall–Kier alpha value is -5.23. The summed E-state index contributed by atoms with van der Waals surface area (Å²) in [5.41, 5.74) is 27.2. The summed E-state index contributed by atoms with van der Waals surface area (Å²) < 4.78 is 24.6. The molecule has 5 atom stereocenters. The lowest BCUT2D eigenvalue weighted by molar-refractivity contribution is -0.384. The SMILES string of the molecule is CC(C)N1CC(CN)OC1=O.CCN1CC(CCN)OC1=O.CCN1CC(CN)OC1=O.CN1CC(CN)OC1=O.NCC1CN(c2ccc([N+](=O)[O-])cc2)C(=O)O1. The molecule has 0 bridgehead atoms. The Bertz CT molecular complexity index is 1490. The van der Waals surface area contributed by atoms with Crippen molar-refractivity contribution in [1.82, 2.24) is 19.6 Å². The number of nitrogens with two attached hydrogens (primary N) is 5. The van der Waals surface area contributed by atoms with Crippen LogP contribution in [0.2, 0.25) is 0 Å². The summed E-state index contributed by atoms with van der Waals surface area (Å²) in [6.45, 7) is 14.2. The molecule has 5 aliphatic rings. The van der Waals surface area contributed by atoms with Gasteiger partial charge in [-0.25, -0.2) is 24.0 Å². The van der Waals surface area contributed by atoms with Crippen LogP contribution in [0.3, 0.4) is 0 Å². The second-order valence-electron chi connectivity index (χ2n) is 13.6. The van der Waals surface area contributed by atoms with Crippen LogP contribution in [0, 0.1) is 10.1 Å². The number of carbonyl (C=O) groups is 5. The van der Waals surface area contributed by atoms with E-state index in [4.69, 9.17) is 52.4 Å². The van der Waals surface area contributed by atoms with Crippen molar-refractivity contribution in [2.75, 3.05) is 90.5 Å². The van der Waals surface area contributed by atoms with E-state index in [-0.39, 0.29) is 73.2 Å². The molecule has 5 fully saturated rings. The normalized spacial score (nSPS) is 23.3. The largest absolute Gasteiger partial charge is 0.444 e. The zero-order valence-electron chi connectivity index (χ0n) is 33.9. The Kier molecular flexibility index (Phi) is 20.7. The predicted molar refractivity (Wildman–Crippen MR) is 211 cm³/mol. The minimum atomic E-state index is -0.491. The van der Waals surface area contributed by atoms with Crippen LogP contribution in [0.25, 0.3) is 0 Å². The maximum Gasteiger partial charge on any atom is 0.414 e. The molecular weight excluding hydrogens is 766 g/mol. The van der Waals surface area contributed by atoms with Crippen molar-refractivity contribution in [1.29, 1.82) is 0 Å². The number of anilines is 1. The lowest BCUT2D eigenvalue weighted by atomic mass is 10.2. The van der Waals surface area contributed by atoms with Crippen molar-refractivity contribution in [2.24, 2.45) is 28.7 Å². The van der Waals surface area contributed by atoms with Gasteiger partial charge in [-0.05, 0) is 52.8 Å². The van der Waals surface area contributed by atoms with E-state index in [0.717, 1.165) is 13.0 Å². The van der Waals surface area contributed by atoms with Crippen LogP contribution in [-0.4, -0.2) is 177 Å². The minimum Gasteiger partial charge on any atom is -0.444 e. The van der Waals surface area contributed by atoms with Gasteiger partial charge in [0.05, 0.1) is 37.6 Å². The first-order valence-corrected chi connectivity index (χ1v) is 19.1. The third-order valence-corrected chi connectivity index (χ3v) is 9.03. The van der Waals surface area contributed by atoms with Crippen molar-refractivity contribution in [3.05, 3.63) is 34.4 Å². The molecule has 10 N–H and O–H groups in total. The molecule has 0 aromatic heterocycles. The van der Waals surface area contributed by atoms with Crippen molar-refractivity contribution in [3.63, 3.8) is 0 Å². The summed E-state index contributed by atoms with van der Waals surface area (Å²) in [7, 11) is 1.69. The quantitative estimate of drug-likeness (QED) is 0.115. The maximum atomic E-state index is 11.5. The van der Waals surface area contributed by atoms with Gasteiger partial charge in [0.2, 0.25) is 0 Å².